The van der Waals surface area contributed by atoms with Gasteiger partial charge in [-0.25, -0.2) is 9.78 Å². The molecule has 2 aromatic rings. The molecule has 188 valence electrons. The third-order valence-corrected chi connectivity index (χ3v) is 6.67. The van der Waals surface area contributed by atoms with E-state index in [4.69, 9.17) is 9.72 Å². The van der Waals surface area contributed by atoms with Gasteiger partial charge < -0.3 is 15.0 Å². The summed E-state index contributed by atoms with van der Waals surface area (Å²) in [5.41, 5.74) is 1.06. The van der Waals surface area contributed by atoms with E-state index in [9.17, 15) is 14.4 Å². The van der Waals surface area contributed by atoms with E-state index in [1.165, 1.54) is 11.0 Å². The van der Waals surface area contributed by atoms with Crippen LogP contribution in [0.2, 0.25) is 0 Å². The van der Waals surface area contributed by atoms with Gasteiger partial charge in [-0.05, 0) is 52.5 Å². The molecule has 1 saturated carbocycles. The van der Waals surface area contributed by atoms with Gasteiger partial charge in [0.1, 0.15) is 17.5 Å². The number of hydrogen-bond acceptors (Lipinski definition) is 5. The molecule has 35 heavy (non-hydrogen) atoms. The maximum atomic E-state index is 13.8. The van der Waals surface area contributed by atoms with Crippen molar-refractivity contribution in [1.82, 2.24) is 19.8 Å². The van der Waals surface area contributed by atoms with Crippen molar-refractivity contribution < 1.29 is 14.3 Å². The van der Waals surface area contributed by atoms with E-state index in [1.54, 1.807) is 11.8 Å². The number of aryl methyl sites for hydroxylation is 1. The summed E-state index contributed by atoms with van der Waals surface area (Å²) in [4.78, 5) is 46.2. The SMILES string of the molecule is Cc1nc2c(c(=O)n1C(C(=O)NC1CCCCC1)c1ccccc1)CCN(C(=O)OC(C)(C)C)C2. The fourth-order valence-electron chi connectivity index (χ4n) is 4.99. The van der Waals surface area contributed by atoms with E-state index in [-0.39, 0.29) is 24.1 Å². The fraction of sp³-hybridized carbons (Fsp3) is 0.556. The predicted molar refractivity (Wildman–Crippen MR) is 133 cm³/mol. The van der Waals surface area contributed by atoms with Gasteiger partial charge >= 0.3 is 6.09 Å². The van der Waals surface area contributed by atoms with Gasteiger partial charge in [0, 0.05) is 18.2 Å². The Balaban J connectivity index is 1.67. The largest absolute Gasteiger partial charge is 0.444 e. The molecule has 0 saturated heterocycles. The Kier molecular flexibility index (Phi) is 7.28. The molecule has 2 heterocycles. The molecule has 1 aliphatic heterocycles. The number of rotatable bonds is 4. The standard InChI is InChI=1S/C27H36N4O4/c1-18-28-22-17-30(26(34)35-27(2,3)4)16-15-21(22)25(33)31(18)23(19-11-7-5-8-12-19)24(32)29-20-13-9-6-10-14-20/h5,7-8,11-12,20,23H,6,9-10,13-17H2,1-4H3,(H,29,32). The highest BCUT2D eigenvalue weighted by molar-refractivity contribution is 5.84. The number of benzene rings is 1. The second-order valence-electron chi connectivity index (χ2n) is 10.6. The average Bonchev–Trinajstić information content (AvgIpc) is 2.81. The van der Waals surface area contributed by atoms with Crippen LogP contribution in [0.25, 0.3) is 0 Å². The van der Waals surface area contributed by atoms with Crippen LogP contribution in [0.15, 0.2) is 35.1 Å². The first kappa shape index (κ1) is 24.9. The first-order chi connectivity index (χ1) is 16.6. The van der Waals surface area contributed by atoms with Crippen LogP contribution in [0.3, 0.4) is 0 Å². The predicted octanol–water partition coefficient (Wildman–Crippen LogP) is 3.88. The van der Waals surface area contributed by atoms with Crippen LogP contribution in [-0.4, -0.2) is 44.6 Å². The van der Waals surface area contributed by atoms with Gasteiger partial charge in [-0.2, -0.15) is 0 Å². The van der Waals surface area contributed by atoms with Crippen molar-refractivity contribution in [2.75, 3.05) is 6.54 Å². The third-order valence-electron chi connectivity index (χ3n) is 6.67. The van der Waals surface area contributed by atoms with Crippen LogP contribution in [0.1, 0.15) is 81.6 Å². The zero-order valence-electron chi connectivity index (χ0n) is 21.2. The van der Waals surface area contributed by atoms with Crippen molar-refractivity contribution in [3.8, 4) is 0 Å². The van der Waals surface area contributed by atoms with Gasteiger partial charge in [0.15, 0.2) is 0 Å². The summed E-state index contributed by atoms with van der Waals surface area (Å²) in [5.74, 6) is 0.272. The minimum atomic E-state index is -0.799. The topological polar surface area (TPSA) is 93.5 Å². The maximum absolute atomic E-state index is 13.8. The molecule has 1 aliphatic carbocycles. The molecule has 8 nitrogen and oxygen atoms in total. The lowest BCUT2D eigenvalue weighted by molar-refractivity contribution is -0.124. The molecule has 0 bridgehead atoms. The summed E-state index contributed by atoms with van der Waals surface area (Å²) in [6.45, 7) is 7.80. The number of aromatic nitrogens is 2. The maximum Gasteiger partial charge on any atom is 0.410 e. The summed E-state index contributed by atoms with van der Waals surface area (Å²) in [6, 6.07) is 8.73. The van der Waals surface area contributed by atoms with Crippen molar-refractivity contribution in [2.24, 2.45) is 0 Å². The molecule has 2 amide bonds. The highest BCUT2D eigenvalue weighted by Gasteiger charge is 2.32. The van der Waals surface area contributed by atoms with Gasteiger partial charge in [-0.1, -0.05) is 49.6 Å². The van der Waals surface area contributed by atoms with Crippen LogP contribution < -0.4 is 10.9 Å². The smallest absolute Gasteiger partial charge is 0.410 e. The molecule has 1 aromatic carbocycles. The normalized spacial score (nSPS) is 17.4. The number of nitrogens with one attached hydrogen (secondary N) is 1. The lowest BCUT2D eigenvalue weighted by Crippen LogP contribution is -2.47. The molecule has 1 unspecified atom stereocenters. The van der Waals surface area contributed by atoms with Gasteiger partial charge in [0.25, 0.3) is 5.56 Å². The van der Waals surface area contributed by atoms with Crippen LogP contribution in [0.4, 0.5) is 4.79 Å². The molecule has 2 aliphatic rings. The van der Waals surface area contributed by atoms with Crippen molar-refractivity contribution in [3.63, 3.8) is 0 Å². The van der Waals surface area contributed by atoms with Gasteiger partial charge in [-0.3, -0.25) is 14.2 Å². The number of ether oxygens (including phenoxy) is 1. The lowest BCUT2D eigenvalue weighted by atomic mass is 9.94. The van der Waals surface area contributed by atoms with E-state index in [0.717, 1.165) is 31.2 Å². The Morgan fingerprint density at radius 3 is 2.46 bits per heavy atom. The molecule has 1 N–H and O–H groups in total. The Bertz CT molecular complexity index is 1130. The number of carbonyl (C=O) groups excluding carboxylic acids is 2. The molecule has 1 atom stereocenters. The first-order valence-electron chi connectivity index (χ1n) is 12.6. The van der Waals surface area contributed by atoms with Crippen molar-refractivity contribution in [3.05, 3.63) is 63.3 Å². The minimum absolute atomic E-state index is 0.131. The number of carbonyl (C=O) groups is 2. The van der Waals surface area contributed by atoms with Gasteiger partial charge in [0.05, 0.1) is 12.2 Å². The van der Waals surface area contributed by atoms with Gasteiger partial charge in [0.2, 0.25) is 5.91 Å². The molecule has 0 spiro atoms. The van der Waals surface area contributed by atoms with Crippen LogP contribution in [-0.2, 0) is 22.5 Å². The summed E-state index contributed by atoms with van der Waals surface area (Å²) in [7, 11) is 0. The third kappa shape index (κ3) is 5.74. The second-order valence-corrected chi connectivity index (χ2v) is 10.6. The number of amides is 2. The quantitative estimate of drug-likeness (QED) is 0.717. The Morgan fingerprint density at radius 1 is 1.11 bits per heavy atom. The summed E-state index contributed by atoms with van der Waals surface area (Å²) >= 11 is 0. The summed E-state index contributed by atoms with van der Waals surface area (Å²) in [6.07, 6.45) is 5.28. The van der Waals surface area contributed by atoms with E-state index >= 15 is 0 Å². The average molecular weight is 481 g/mol. The number of fused-ring (bicyclic) bond motifs is 1. The highest BCUT2D eigenvalue weighted by Crippen LogP contribution is 2.24. The Labute approximate surface area is 206 Å². The van der Waals surface area contributed by atoms with E-state index in [2.05, 4.69) is 5.32 Å². The zero-order chi connectivity index (χ0) is 25.2. The molecular weight excluding hydrogens is 444 g/mol. The van der Waals surface area contributed by atoms with Crippen LogP contribution in [0, 0.1) is 6.92 Å². The lowest BCUT2D eigenvalue weighted by Gasteiger charge is -2.32. The first-order valence-corrected chi connectivity index (χ1v) is 12.6. The van der Waals surface area contributed by atoms with Crippen molar-refractivity contribution in [1.29, 1.82) is 0 Å². The molecular formula is C27H36N4O4. The van der Waals surface area contributed by atoms with Crippen LogP contribution >= 0.6 is 0 Å². The molecule has 8 heteroatoms. The Hall–Kier alpha value is -3.16. The fourth-order valence-corrected chi connectivity index (χ4v) is 4.99. The van der Waals surface area contributed by atoms with E-state index in [1.807, 2.05) is 51.1 Å². The summed E-state index contributed by atoms with van der Waals surface area (Å²) in [5, 5.41) is 3.20. The van der Waals surface area contributed by atoms with E-state index in [0.29, 0.717) is 30.0 Å². The molecule has 1 fully saturated rings. The van der Waals surface area contributed by atoms with Crippen LogP contribution in [0.5, 0.6) is 0 Å². The summed E-state index contributed by atoms with van der Waals surface area (Å²) < 4.78 is 7.02. The van der Waals surface area contributed by atoms with E-state index < -0.39 is 17.7 Å². The Morgan fingerprint density at radius 2 is 1.80 bits per heavy atom. The van der Waals surface area contributed by atoms with Crippen molar-refractivity contribution in [2.45, 2.75) is 90.4 Å². The number of hydrogen-bond donors (Lipinski definition) is 1. The molecule has 0 radical (unpaired) electrons. The van der Waals surface area contributed by atoms with Gasteiger partial charge in [-0.15, -0.1) is 0 Å². The second kappa shape index (κ2) is 10.2. The molecule has 4 rings (SSSR count). The molecule has 1 aromatic heterocycles. The number of nitrogens with zero attached hydrogens (tertiary/aromatic N) is 3. The monoisotopic (exact) mass is 480 g/mol. The zero-order valence-corrected chi connectivity index (χ0v) is 21.2. The minimum Gasteiger partial charge on any atom is -0.444 e. The highest BCUT2D eigenvalue weighted by atomic mass is 16.6. The van der Waals surface area contributed by atoms with Crippen molar-refractivity contribution >= 4 is 12.0 Å².